The van der Waals surface area contributed by atoms with Gasteiger partial charge in [0.05, 0.1) is 5.52 Å². The Labute approximate surface area is 182 Å². The van der Waals surface area contributed by atoms with Gasteiger partial charge in [0.1, 0.15) is 5.82 Å². The molecule has 0 radical (unpaired) electrons. The Bertz CT molecular complexity index is 1200. The SMILES string of the molecule is Cc1nc2c3ccccc3nc(N3CCN(S(=O)(=O)N(C)C4CCCCC4)CC3)n2n1. The Morgan fingerprint density at radius 3 is 2.45 bits per heavy atom. The van der Waals surface area contributed by atoms with Gasteiger partial charge < -0.3 is 4.90 Å². The molecule has 2 aliphatic rings. The molecule has 0 N–H and O–H groups in total. The topological polar surface area (TPSA) is 86.9 Å². The Balaban J connectivity index is 1.38. The molecule has 0 bridgehead atoms. The van der Waals surface area contributed by atoms with Crippen LogP contribution in [0.1, 0.15) is 37.9 Å². The lowest BCUT2D eigenvalue weighted by atomic mass is 9.96. The van der Waals surface area contributed by atoms with Crippen LogP contribution in [0.5, 0.6) is 0 Å². The highest BCUT2D eigenvalue weighted by Crippen LogP contribution is 2.27. The van der Waals surface area contributed by atoms with Crippen molar-refractivity contribution in [3.05, 3.63) is 30.1 Å². The van der Waals surface area contributed by atoms with Crippen LogP contribution in [0.4, 0.5) is 5.95 Å². The van der Waals surface area contributed by atoms with Gasteiger partial charge in [-0.25, -0.2) is 9.97 Å². The van der Waals surface area contributed by atoms with Crippen LogP contribution < -0.4 is 4.90 Å². The second-order valence-corrected chi connectivity index (χ2v) is 10.5. The Kier molecular flexibility index (Phi) is 5.31. The Morgan fingerprint density at radius 2 is 1.71 bits per heavy atom. The summed E-state index contributed by atoms with van der Waals surface area (Å²) in [4.78, 5) is 11.6. The number of benzene rings is 1. The summed E-state index contributed by atoms with van der Waals surface area (Å²) in [6.07, 6.45) is 5.34. The number of para-hydroxylation sites is 1. The summed E-state index contributed by atoms with van der Waals surface area (Å²) in [6.45, 7) is 3.87. The van der Waals surface area contributed by atoms with E-state index in [0.29, 0.717) is 38.0 Å². The lowest BCUT2D eigenvalue weighted by Gasteiger charge is -2.38. The second-order valence-electron chi connectivity index (χ2n) is 8.53. The molecule has 0 amide bonds. The predicted molar refractivity (Wildman–Crippen MR) is 120 cm³/mol. The summed E-state index contributed by atoms with van der Waals surface area (Å²) in [7, 11) is -1.72. The first-order valence-corrected chi connectivity index (χ1v) is 12.4. The van der Waals surface area contributed by atoms with Crippen molar-refractivity contribution in [2.75, 3.05) is 38.1 Å². The smallest absolute Gasteiger partial charge is 0.282 e. The zero-order valence-electron chi connectivity index (χ0n) is 18.1. The molecule has 3 heterocycles. The van der Waals surface area contributed by atoms with Crippen molar-refractivity contribution < 1.29 is 8.42 Å². The maximum absolute atomic E-state index is 13.2. The van der Waals surface area contributed by atoms with Gasteiger partial charge in [-0.05, 0) is 31.9 Å². The number of hydrogen-bond donors (Lipinski definition) is 0. The quantitative estimate of drug-likeness (QED) is 0.615. The van der Waals surface area contributed by atoms with Gasteiger partial charge in [-0.2, -0.15) is 21.5 Å². The van der Waals surface area contributed by atoms with Crippen molar-refractivity contribution in [3.8, 4) is 0 Å². The summed E-state index contributed by atoms with van der Waals surface area (Å²) in [6, 6.07) is 8.03. The molecule has 166 valence electrons. The molecule has 31 heavy (non-hydrogen) atoms. The fraction of sp³-hybridized carbons (Fsp3) is 0.571. The molecule has 0 atom stereocenters. The monoisotopic (exact) mass is 443 g/mol. The molecule has 5 rings (SSSR count). The average Bonchev–Trinajstić information content (AvgIpc) is 3.20. The molecule has 10 heteroatoms. The number of aromatic nitrogens is 4. The number of nitrogens with zero attached hydrogens (tertiary/aromatic N) is 7. The van der Waals surface area contributed by atoms with E-state index in [0.717, 1.165) is 42.2 Å². The van der Waals surface area contributed by atoms with Crippen LogP contribution in [-0.2, 0) is 10.2 Å². The normalized spacial score (nSPS) is 19.6. The first-order chi connectivity index (χ1) is 14.9. The van der Waals surface area contributed by atoms with E-state index < -0.39 is 10.2 Å². The lowest BCUT2D eigenvalue weighted by Crippen LogP contribution is -2.54. The third-order valence-electron chi connectivity index (χ3n) is 6.57. The fourth-order valence-corrected chi connectivity index (χ4v) is 6.36. The number of anilines is 1. The number of rotatable bonds is 4. The Morgan fingerprint density at radius 1 is 1.00 bits per heavy atom. The molecule has 1 aliphatic heterocycles. The van der Waals surface area contributed by atoms with Gasteiger partial charge in [-0.15, -0.1) is 5.10 Å². The van der Waals surface area contributed by atoms with E-state index in [4.69, 9.17) is 4.98 Å². The molecule has 9 nitrogen and oxygen atoms in total. The highest BCUT2D eigenvalue weighted by atomic mass is 32.2. The van der Waals surface area contributed by atoms with Gasteiger partial charge in [0.2, 0.25) is 5.95 Å². The van der Waals surface area contributed by atoms with Crippen LogP contribution in [0.3, 0.4) is 0 Å². The van der Waals surface area contributed by atoms with Gasteiger partial charge in [0.25, 0.3) is 10.2 Å². The molecule has 1 aromatic carbocycles. The third kappa shape index (κ3) is 3.66. The zero-order chi connectivity index (χ0) is 21.6. The molecule has 1 saturated heterocycles. The standard InChI is InChI=1S/C21H29N7O2S/c1-16-22-20-18-10-6-7-11-19(18)23-21(28(20)24-16)26-12-14-27(15-13-26)31(29,30)25(2)17-8-4-3-5-9-17/h6-7,10-11,17H,3-5,8-9,12-15H2,1-2H3. The fourth-order valence-electron chi connectivity index (χ4n) is 4.78. The van der Waals surface area contributed by atoms with Crippen LogP contribution in [-0.4, -0.2) is 75.9 Å². The van der Waals surface area contributed by atoms with Crippen molar-refractivity contribution in [1.29, 1.82) is 0 Å². The summed E-state index contributed by atoms with van der Waals surface area (Å²) in [5, 5.41) is 5.52. The number of aryl methyl sites for hydroxylation is 1. The van der Waals surface area contributed by atoms with E-state index in [1.807, 2.05) is 31.2 Å². The van der Waals surface area contributed by atoms with E-state index in [-0.39, 0.29) is 6.04 Å². The minimum Gasteiger partial charge on any atom is -0.338 e. The van der Waals surface area contributed by atoms with Crippen LogP contribution >= 0.6 is 0 Å². The summed E-state index contributed by atoms with van der Waals surface area (Å²) < 4.78 is 31.4. The van der Waals surface area contributed by atoms with Crippen molar-refractivity contribution in [1.82, 2.24) is 28.2 Å². The van der Waals surface area contributed by atoms with E-state index >= 15 is 0 Å². The molecule has 1 saturated carbocycles. The molecule has 1 aliphatic carbocycles. The van der Waals surface area contributed by atoms with Crippen molar-refractivity contribution in [2.45, 2.75) is 45.1 Å². The summed E-state index contributed by atoms with van der Waals surface area (Å²) in [5.74, 6) is 1.40. The molecular weight excluding hydrogens is 414 g/mol. The van der Waals surface area contributed by atoms with Crippen molar-refractivity contribution in [3.63, 3.8) is 0 Å². The zero-order valence-corrected chi connectivity index (χ0v) is 18.9. The van der Waals surface area contributed by atoms with Crippen LogP contribution in [0.15, 0.2) is 24.3 Å². The van der Waals surface area contributed by atoms with E-state index in [2.05, 4.69) is 15.0 Å². The van der Waals surface area contributed by atoms with Crippen LogP contribution in [0.2, 0.25) is 0 Å². The van der Waals surface area contributed by atoms with Crippen molar-refractivity contribution >= 4 is 32.7 Å². The van der Waals surface area contributed by atoms with Crippen LogP contribution in [0, 0.1) is 6.92 Å². The lowest BCUT2D eigenvalue weighted by molar-refractivity contribution is 0.259. The van der Waals surface area contributed by atoms with Gasteiger partial charge in [-0.1, -0.05) is 31.4 Å². The molecule has 2 aromatic heterocycles. The van der Waals surface area contributed by atoms with Gasteiger partial charge in [0, 0.05) is 44.7 Å². The highest BCUT2D eigenvalue weighted by molar-refractivity contribution is 7.86. The predicted octanol–water partition coefficient (Wildman–Crippen LogP) is 2.22. The minimum absolute atomic E-state index is 0.122. The van der Waals surface area contributed by atoms with E-state index in [1.165, 1.54) is 6.42 Å². The average molecular weight is 444 g/mol. The number of fused-ring (bicyclic) bond motifs is 3. The van der Waals surface area contributed by atoms with Gasteiger partial charge in [0.15, 0.2) is 5.65 Å². The van der Waals surface area contributed by atoms with Gasteiger partial charge >= 0.3 is 0 Å². The third-order valence-corrected chi connectivity index (χ3v) is 8.61. The van der Waals surface area contributed by atoms with Gasteiger partial charge in [-0.3, -0.25) is 0 Å². The number of piperazine rings is 1. The second kappa shape index (κ2) is 7.99. The maximum Gasteiger partial charge on any atom is 0.282 e. The van der Waals surface area contributed by atoms with E-state index in [1.54, 1.807) is 20.2 Å². The first-order valence-electron chi connectivity index (χ1n) is 11.1. The molecular formula is C21H29N7O2S. The highest BCUT2D eigenvalue weighted by Gasteiger charge is 2.35. The number of hydrogen-bond acceptors (Lipinski definition) is 6. The van der Waals surface area contributed by atoms with Crippen molar-refractivity contribution in [2.24, 2.45) is 0 Å². The molecule has 0 spiro atoms. The molecule has 3 aromatic rings. The minimum atomic E-state index is -3.46. The van der Waals surface area contributed by atoms with E-state index in [9.17, 15) is 8.42 Å². The largest absolute Gasteiger partial charge is 0.338 e. The molecule has 0 unspecified atom stereocenters. The summed E-state index contributed by atoms with van der Waals surface area (Å²) in [5.41, 5.74) is 1.65. The summed E-state index contributed by atoms with van der Waals surface area (Å²) >= 11 is 0. The maximum atomic E-state index is 13.2. The molecule has 2 fully saturated rings. The Hall–Kier alpha value is -2.30. The first kappa shape index (κ1) is 20.6. The van der Waals surface area contributed by atoms with Crippen LogP contribution in [0.25, 0.3) is 16.6 Å².